The minimum atomic E-state index is 1.03. The van der Waals surface area contributed by atoms with Crippen LogP contribution >= 0.6 is 0 Å². The van der Waals surface area contributed by atoms with Gasteiger partial charge in [-0.2, -0.15) is 0 Å². The molecule has 0 spiro atoms. The second-order valence-electron chi connectivity index (χ2n) is 2.76. The number of hydrogen-bond donors (Lipinski definition) is 0. The van der Waals surface area contributed by atoms with E-state index < -0.39 is 0 Å². The topological polar surface area (TPSA) is 0 Å². The van der Waals surface area contributed by atoms with Gasteiger partial charge in [-0.05, 0) is 38.2 Å². The van der Waals surface area contributed by atoms with E-state index in [0.29, 0.717) is 0 Å². The zero-order valence-electron chi connectivity index (χ0n) is 6.92. The highest BCUT2D eigenvalue weighted by atomic mass is 13.9. The number of hydrogen-bond acceptors (Lipinski definition) is 0. The van der Waals surface area contributed by atoms with Crippen molar-refractivity contribution in [3.8, 4) is 0 Å². The Bertz CT molecular complexity index is 161. The Morgan fingerprint density at radius 2 is 1.73 bits per heavy atom. The van der Waals surface area contributed by atoms with Gasteiger partial charge in [-0.3, -0.25) is 0 Å². The van der Waals surface area contributed by atoms with Crippen LogP contribution in [-0.4, -0.2) is 0 Å². The molecule has 11 heavy (non-hydrogen) atoms. The molecule has 0 aromatic rings. The van der Waals surface area contributed by atoms with Crippen molar-refractivity contribution >= 4 is 0 Å². The highest BCUT2D eigenvalue weighted by molar-refractivity contribution is 4.99. The van der Waals surface area contributed by atoms with Crippen LogP contribution in [-0.2, 0) is 0 Å². The Labute approximate surface area is 69.3 Å². The van der Waals surface area contributed by atoms with Crippen molar-refractivity contribution < 1.29 is 0 Å². The molecule has 0 saturated carbocycles. The van der Waals surface area contributed by atoms with Crippen LogP contribution in [0.15, 0.2) is 30.4 Å². The summed E-state index contributed by atoms with van der Waals surface area (Å²) in [7, 11) is 0. The molecular formula is C11H15. The third-order valence-corrected chi connectivity index (χ3v) is 1.74. The molecule has 0 aromatic carbocycles. The molecule has 59 valence electrons. The van der Waals surface area contributed by atoms with Gasteiger partial charge in [-0.15, -0.1) is 0 Å². The van der Waals surface area contributed by atoms with Gasteiger partial charge < -0.3 is 0 Å². The minimum Gasteiger partial charge on any atom is -0.0882 e. The molecule has 0 saturated heterocycles. The van der Waals surface area contributed by atoms with Gasteiger partial charge >= 0.3 is 0 Å². The first-order valence-electron chi connectivity index (χ1n) is 4.38. The lowest BCUT2D eigenvalue weighted by molar-refractivity contribution is 0.761. The van der Waals surface area contributed by atoms with Crippen LogP contribution in [0.1, 0.15) is 32.1 Å². The van der Waals surface area contributed by atoms with E-state index in [1.165, 1.54) is 25.7 Å². The van der Waals surface area contributed by atoms with Crippen molar-refractivity contribution in [2.75, 3.05) is 0 Å². The summed E-state index contributed by atoms with van der Waals surface area (Å²) in [5, 5.41) is 0. The van der Waals surface area contributed by atoms with Crippen molar-refractivity contribution in [2.45, 2.75) is 32.1 Å². The van der Waals surface area contributed by atoms with E-state index in [1.807, 2.05) is 6.08 Å². The summed E-state index contributed by atoms with van der Waals surface area (Å²) in [5.74, 6) is 0. The third kappa shape index (κ3) is 4.60. The zero-order chi connectivity index (χ0) is 7.78. The van der Waals surface area contributed by atoms with E-state index in [9.17, 15) is 0 Å². The zero-order valence-corrected chi connectivity index (χ0v) is 6.92. The lowest BCUT2D eigenvalue weighted by Gasteiger charge is -1.90. The maximum Gasteiger partial charge on any atom is -0.0160 e. The monoisotopic (exact) mass is 147 g/mol. The molecule has 0 heteroatoms. The summed E-state index contributed by atoms with van der Waals surface area (Å²) in [6, 6.07) is 0. The lowest BCUT2D eigenvalue weighted by Crippen LogP contribution is -1.71. The molecule has 0 amide bonds. The molecule has 0 nitrogen and oxygen atoms in total. The smallest absolute Gasteiger partial charge is 0.0160 e. The maximum atomic E-state index is 3.13. The van der Waals surface area contributed by atoms with Crippen LogP contribution in [0, 0.1) is 6.08 Å². The van der Waals surface area contributed by atoms with E-state index in [0.717, 1.165) is 6.42 Å². The quantitative estimate of drug-likeness (QED) is 0.460. The molecule has 0 bridgehead atoms. The van der Waals surface area contributed by atoms with Gasteiger partial charge in [0.2, 0.25) is 0 Å². The fraction of sp³-hybridized carbons (Fsp3) is 0.455. The minimum absolute atomic E-state index is 1.03. The molecule has 0 fully saturated rings. The maximum absolute atomic E-state index is 3.13. The van der Waals surface area contributed by atoms with Gasteiger partial charge in [-0.1, -0.05) is 30.4 Å². The van der Waals surface area contributed by atoms with Gasteiger partial charge in [0.1, 0.15) is 0 Å². The van der Waals surface area contributed by atoms with Gasteiger partial charge in [0.25, 0.3) is 0 Å². The van der Waals surface area contributed by atoms with E-state index in [-0.39, 0.29) is 0 Å². The highest BCUT2D eigenvalue weighted by Gasteiger charge is 1.83. The van der Waals surface area contributed by atoms with E-state index in [2.05, 4.69) is 30.4 Å². The summed E-state index contributed by atoms with van der Waals surface area (Å²) in [4.78, 5) is 0. The fourth-order valence-electron chi connectivity index (χ4n) is 1.09. The average molecular weight is 147 g/mol. The summed E-state index contributed by atoms with van der Waals surface area (Å²) in [6.07, 6.45) is 20.0. The van der Waals surface area contributed by atoms with Gasteiger partial charge in [0, 0.05) is 0 Å². The third-order valence-electron chi connectivity index (χ3n) is 1.74. The molecule has 1 radical (unpaired) electrons. The summed E-state index contributed by atoms with van der Waals surface area (Å²) >= 11 is 0. The summed E-state index contributed by atoms with van der Waals surface area (Å²) in [5.41, 5.74) is 0. The standard InChI is InChI=1S/C11H15/c1-2-4-6-8-10-11-9-7-5-3-1/h1-2,5,9,11H,3-4,6,8,10H2. The fourth-order valence-corrected chi connectivity index (χ4v) is 1.09. The molecular weight excluding hydrogens is 132 g/mol. The Hall–Kier alpha value is -0.780. The van der Waals surface area contributed by atoms with Crippen molar-refractivity contribution in [1.29, 1.82) is 0 Å². The van der Waals surface area contributed by atoms with Crippen molar-refractivity contribution in [2.24, 2.45) is 0 Å². The molecule has 0 aromatic heterocycles. The molecule has 0 N–H and O–H groups in total. The van der Waals surface area contributed by atoms with Crippen LogP contribution in [0.5, 0.6) is 0 Å². The predicted molar refractivity (Wildman–Crippen MR) is 49.2 cm³/mol. The summed E-state index contributed by atoms with van der Waals surface area (Å²) in [6.45, 7) is 0. The van der Waals surface area contributed by atoms with Gasteiger partial charge in [0.05, 0.1) is 0 Å². The Morgan fingerprint density at radius 1 is 0.909 bits per heavy atom. The molecule has 0 atom stereocenters. The van der Waals surface area contributed by atoms with E-state index >= 15 is 0 Å². The van der Waals surface area contributed by atoms with Crippen molar-refractivity contribution in [3.05, 3.63) is 36.5 Å². The van der Waals surface area contributed by atoms with E-state index in [1.54, 1.807) is 0 Å². The molecule has 1 aliphatic rings. The first kappa shape index (κ1) is 8.32. The van der Waals surface area contributed by atoms with Crippen LogP contribution < -0.4 is 0 Å². The molecule has 1 aliphatic carbocycles. The number of rotatable bonds is 0. The summed E-state index contributed by atoms with van der Waals surface area (Å²) < 4.78 is 0. The Morgan fingerprint density at radius 3 is 2.64 bits per heavy atom. The highest BCUT2D eigenvalue weighted by Crippen LogP contribution is 2.03. The van der Waals surface area contributed by atoms with Crippen molar-refractivity contribution in [3.63, 3.8) is 0 Å². The first-order chi connectivity index (χ1) is 5.50. The average Bonchev–Trinajstić information content (AvgIpc) is 2.08. The predicted octanol–water partition coefficient (Wildman–Crippen LogP) is 3.42. The largest absolute Gasteiger partial charge is 0.0882 e. The SMILES string of the molecule is [C]1=CCC=CCCCCC=C1. The van der Waals surface area contributed by atoms with Crippen LogP contribution in [0.2, 0.25) is 0 Å². The molecule has 0 unspecified atom stereocenters. The lowest BCUT2D eigenvalue weighted by atomic mass is 10.2. The van der Waals surface area contributed by atoms with Gasteiger partial charge in [0.15, 0.2) is 0 Å². The Kier molecular flexibility index (Phi) is 4.51. The normalized spacial score (nSPS) is 19.6. The second kappa shape index (κ2) is 5.96. The van der Waals surface area contributed by atoms with E-state index in [4.69, 9.17) is 0 Å². The van der Waals surface area contributed by atoms with Crippen LogP contribution in [0.25, 0.3) is 0 Å². The molecule has 0 aliphatic heterocycles. The van der Waals surface area contributed by atoms with Crippen molar-refractivity contribution in [1.82, 2.24) is 0 Å². The second-order valence-corrected chi connectivity index (χ2v) is 2.76. The van der Waals surface area contributed by atoms with Crippen LogP contribution in [0.4, 0.5) is 0 Å². The number of allylic oxidation sites excluding steroid dienone is 6. The van der Waals surface area contributed by atoms with Gasteiger partial charge in [-0.25, -0.2) is 0 Å². The molecule has 0 heterocycles. The Balaban J connectivity index is 2.35. The molecule has 1 rings (SSSR count). The van der Waals surface area contributed by atoms with Crippen LogP contribution in [0.3, 0.4) is 0 Å². The first-order valence-corrected chi connectivity index (χ1v) is 4.38.